The van der Waals surface area contributed by atoms with E-state index >= 15 is 0 Å². The Kier molecular flexibility index (Phi) is 5.58. The van der Waals surface area contributed by atoms with E-state index in [1.54, 1.807) is 12.1 Å². The number of nitrogens with zero attached hydrogens (tertiary/aromatic N) is 1. The third-order valence-electron chi connectivity index (χ3n) is 5.30. The van der Waals surface area contributed by atoms with Gasteiger partial charge < -0.3 is 10.6 Å². The van der Waals surface area contributed by atoms with Crippen LogP contribution in [0.5, 0.6) is 0 Å². The average molecular weight is 371 g/mol. The monoisotopic (exact) mass is 371 g/mol. The van der Waals surface area contributed by atoms with Gasteiger partial charge in [0.1, 0.15) is 5.54 Å². The maximum Gasteiger partial charge on any atom is 0.325 e. The zero-order chi connectivity index (χ0) is 19.4. The standard InChI is InChI=1S/C20H25N3O4/c1-14(24)21-12-4-5-15-6-8-16(9-7-15)17(25)13-23-18(26)20(22-19(23)27)10-2-3-11-20/h6-9H,2-5,10-13H2,1H3,(H,21,24)(H,22,27). The van der Waals surface area contributed by atoms with E-state index in [0.29, 0.717) is 24.9 Å². The summed E-state index contributed by atoms with van der Waals surface area (Å²) in [5, 5.41) is 5.53. The highest BCUT2D eigenvalue weighted by atomic mass is 16.2. The van der Waals surface area contributed by atoms with Crippen LogP contribution in [0.25, 0.3) is 0 Å². The van der Waals surface area contributed by atoms with E-state index in [9.17, 15) is 19.2 Å². The molecule has 1 heterocycles. The van der Waals surface area contributed by atoms with Crippen molar-refractivity contribution in [1.29, 1.82) is 0 Å². The van der Waals surface area contributed by atoms with Gasteiger partial charge in [-0.25, -0.2) is 4.79 Å². The summed E-state index contributed by atoms with van der Waals surface area (Å²) in [4.78, 5) is 49.2. The Hall–Kier alpha value is -2.70. The Morgan fingerprint density at radius 3 is 2.44 bits per heavy atom. The molecule has 0 bridgehead atoms. The molecule has 0 atom stereocenters. The lowest BCUT2D eigenvalue weighted by Crippen LogP contribution is -2.44. The highest BCUT2D eigenvalue weighted by Crippen LogP contribution is 2.35. The molecule has 144 valence electrons. The van der Waals surface area contributed by atoms with Gasteiger partial charge in [-0.3, -0.25) is 19.3 Å². The molecule has 2 N–H and O–H groups in total. The summed E-state index contributed by atoms with van der Waals surface area (Å²) < 4.78 is 0. The largest absolute Gasteiger partial charge is 0.356 e. The van der Waals surface area contributed by atoms with Crippen molar-refractivity contribution in [2.24, 2.45) is 0 Å². The molecular formula is C20H25N3O4. The van der Waals surface area contributed by atoms with Crippen LogP contribution in [0.15, 0.2) is 24.3 Å². The zero-order valence-corrected chi connectivity index (χ0v) is 15.5. The Morgan fingerprint density at radius 2 is 1.81 bits per heavy atom. The SMILES string of the molecule is CC(=O)NCCCc1ccc(C(=O)CN2C(=O)NC3(CCCC3)C2=O)cc1. The second kappa shape index (κ2) is 7.90. The summed E-state index contributed by atoms with van der Waals surface area (Å²) in [7, 11) is 0. The van der Waals surface area contributed by atoms with Crippen molar-refractivity contribution in [3.05, 3.63) is 35.4 Å². The van der Waals surface area contributed by atoms with Crippen molar-refractivity contribution in [2.75, 3.05) is 13.1 Å². The molecule has 1 aliphatic carbocycles. The van der Waals surface area contributed by atoms with Gasteiger partial charge in [-0.1, -0.05) is 37.1 Å². The molecule has 7 nitrogen and oxygen atoms in total. The molecule has 2 aliphatic rings. The fraction of sp³-hybridized carbons (Fsp3) is 0.500. The Balaban J connectivity index is 1.56. The quantitative estimate of drug-likeness (QED) is 0.434. The molecule has 4 amide bonds. The van der Waals surface area contributed by atoms with Gasteiger partial charge in [-0.05, 0) is 31.2 Å². The van der Waals surface area contributed by atoms with Gasteiger partial charge in [0.05, 0.1) is 6.54 Å². The molecule has 1 aliphatic heterocycles. The predicted octanol–water partition coefficient (Wildman–Crippen LogP) is 1.80. The lowest BCUT2D eigenvalue weighted by atomic mass is 9.98. The van der Waals surface area contributed by atoms with E-state index in [1.165, 1.54) is 6.92 Å². The number of nitrogens with one attached hydrogen (secondary N) is 2. The lowest BCUT2D eigenvalue weighted by Gasteiger charge is -2.19. The summed E-state index contributed by atoms with van der Waals surface area (Å²) >= 11 is 0. The molecule has 3 rings (SSSR count). The molecule has 0 radical (unpaired) electrons. The number of ketones is 1. The number of urea groups is 1. The summed E-state index contributed by atoms with van der Waals surface area (Å²) in [6, 6.07) is 6.71. The molecule has 7 heteroatoms. The molecule has 0 aromatic heterocycles. The molecule has 1 saturated carbocycles. The van der Waals surface area contributed by atoms with Crippen molar-refractivity contribution >= 4 is 23.6 Å². The van der Waals surface area contributed by atoms with Crippen LogP contribution in [-0.4, -0.2) is 47.2 Å². The third kappa shape index (κ3) is 4.18. The molecule has 1 aromatic carbocycles. The predicted molar refractivity (Wildman–Crippen MR) is 99.2 cm³/mol. The first-order chi connectivity index (χ1) is 12.9. The van der Waals surface area contributed by atoms with Gasteiger partial charge in [-0.15, -0.1) is 0 Å². The van der Waals surface area contributed by atoms with Crippen LogP contribution in [0.1, 0.15) is 54.9 Å². The zero-order valence-electron chi connectivity index (χ0n) is 15.5. The summed E-state index contributed by atoms with van der Waals surface area (Å²) in [6.45, 7) is 1.87. The Bertz CT molecular complexity index is 751. The number of Topliss-reactive ketones (excluding diaryl/α,β-unsaturated/α-hetero) is 1. The first kappa shape index (κ1) is 19.1. The average Bonchev–Trinajstić information content (AvgIpc) is 3.20. The summed E-state index contributed by atoms with van der Waals surface area (Å²) in [5.41, 5.74) is 0.764. The molecular weight excluding hydrogens is 346 g/mol. The van der Waals surface area contributed by atoms with Crippen molar-refractivity contribution < 1.29 is 19.2 Å². The van der Waals surface area contributed by atoms with Gasteiger partial charge >= 0.3 is 6.03 Å². The normalized spacial score (nSPS) is 18.0. The minimum atomic E-state index is -0.783. The number of hydrogen-bond acceptors (Lipinski definition) is 4. The molecule has 1 saturated heterocycles. The Labute approximate surface area is 158 Å². The topological polar surface area (TPSA) is 95.6 Å². The van der Waals surface area contributed by atoms with Crippen molar-refractivity contribution in [2.45, 2.75) is 51.0 Å². The van der Waals surface area contributed by atoms with Crippen molar-refractivity contribution in [1.82, 2.24) is 15.5 Å². The first-order valence-electron chi connectivity index (χ1n) is 9.42. The van der Waals surface area contributed by atoms with E-state index in [-0.39, 0.29) is 24.1 Å². The van der Waals surface area contributed by atoms with E-state index < -0.39 is 11.6 Å². The second-order valence-corrected chi connectivity index (χ2v) is 7.32. The van der Waals surface area contributed by atoms with E-state index in [4.69, 9.17) is 0 Å². The van der Waals surface area contributed by atoms with E-state index in [1.807, 2.05) is 12.1 Å². The number of rotatable bonds is 7. The second-order valence-electron chi connectivity index (χ2n) is 7.32. The van der Waals surface area contributed by atoms with Crippen LogP contribution in [0.2, 0.25) is 0 Å². The number of hydrogen-bond donors (Lipinski definition) is 2. The molecule has 2 fully saturated rings. The summed E-state index contributed by atoms with van der Waals surface area (Å²) in [5.74, 6) is -0.567. The van der Waals surface area contributed by atoms with Gasteiger partial charge in [0.25, 0.3) is 5.91 Å². The van der Waals surface area contributed by atoms with Gasteiger partial charge in [0.2, 0.25) is 5.91 Å². The van der Waals surface area contributed by atoms with Gasteiger partial charge in [0.15, 0.2) is 5.78 Å². The van der Waals surface area contributed by atoms with Crippen LogP contribution in [-0.2, 0) is 16.0 Å². The Morgan fingerprint density at radius 1 is 1.15 bits per heavy atom. The fourth-order valence-electron chi connectivity index (χ4n) is 3.79. The van der Waals surface area contributed by atoms with Crippen LogP contribution in [0.3, 0.4) is 0 Å². The summed E-state index contributed by atoms with van der Waals surface area (Å²) in [6.07, 6.45) is 4.74. The molecule has 0 unspecified atom stereocenters. The highest BCUT2D eigenvalue weighted by molar-refractivity contribution is 6.11. The van der Waals surface area contributed by atoms with Crippen LogP contribution in [0, 0.1) is 0 Å². The van der Waals surface area contributed by atoms with Crippen molar-refractivity contribution in [3.8, 4) is 0 Å². The van der Waals surface area contributed by atoms with E-state index in [0.717, 1.165) is 36.1 Å². The van der Waals surface area contributed by atoms with Crippen LogP contribution < -0.4 is 10.6 Å². The molecule has 1 spiro atoms. The van der Waals surface area contributed by atoms with Crippen LogP contribution >= 0.6 is 0 Å². The number of carbonyl (C=O) groups is 4. The lowest BCUT2D eigenvalue weighted by molar-refractivity contribution is -0.130. The van der Waals surface area contributed by atoms with Gasteiger partial charge in [-0.2, -0.15) is 0 Å². The minimum Gasteiger partial charge on any atom is -0.356 e. The van der Waals surface area contributed by atoms with Crippen LogP contribution in [0.4, 0.5) is 4.79 Å². The van der Waals surface area contributed by atoms with E-state index in [2.05, 4.69) is 10.6 Å². The molecule has 1 aromatic rings. The fourth-order valence-corrected chi connectivity index (χ4v) is 3.79. The maximum absolute atomic E-state index is 12.6. The van der Waals surface area contributed by atoms with Crippen molar-refractivity contribution in [3.63, 3.8) is 0 Å². The third-order valence-corrected chi connectivity index (χ3v) is 5.30. The number of carbonyl (C=O) groups excluding carboxylic acids is 4. The smallest absolute Gasteiger partial charge is 0.325 e. The number of imide groups is 1. The maximum atomic E-state index is 12.6. The van der Waals surface area contributed by atoms with Gasteiger partial charge in [0, 0.05) is 19.0 Å². The highest BCUT2D eigenvalue weighted by Gasteiger charge is 2.52. The molecule has 27 heavy (non-hydrogen) atoms. The number of amides is 4. The number of aryl methyl sites for hydroxylation is 1. The number of benzene rings is 1. The first-order valence-corrected chi connectivity index (χ1v) is 9.42. The minimum absolute atomic E-state index is 0.0455.